The van der Waals surface area contributed by atoms with Gasteiger partial charge in [0.1, 0.15) is 7.17 Å². The molecule has 0 aliphatic heterocycles. The molecule has 0 spiro atoms. The number of aromatic nitrogens is 1. The minimum Gasteiger partial charge on any atom is -0.273 e. The van der Waals surface area contributed by atoms with Crippen molar-refractivity contribution in [1.29, 1.82) is 0 Å². The second-order valence-electron chi connectivity index (χ2n) is 1.67. The molecule has 1 aromatic rings. The van der Waals surface area contributed by atoms with Crippen molar-refractivity contribution in [3.63, 3.8) is 0 Å². The third-order valence-electron chi connectivity index (χ3n) is 1.09. The van der Waals surface area contributed by atoms with Crippen LogP contribution in [0, 0.1) is 0 Å². The Kier molecular flexibility index (Phi) is 1.73. The average Bonchev–Trinajstić information content (AvgIpc) is 1.90. The highest BCUT2D eigenvalue weighted by molar-refractivity contribution is 6.97. The lowest BCUT2D eigenvalue weighted by Gasteiger charge is -1.87. The molecular formula is C5H7B2N. The van der Waals surface area contributed by atoms with Crippen LogP contribution in [0.1, 0.15) is 0 Å². The minimum atomic E-state index is 1.03. The predicted molar refractivity (Wildman–Crippen MR) is 39.6 cm³/mol. The molecule has 1 rings (SSSR count). The van der Waals surface area contributed by atoms with Crippen LogP contribution in [0.3, 0.4) is 0 Å². The van der Waals surface area contributed by atoms with Gasteiger partial charge in [-0.25, -0.2) is 0 Å². The Labute approximate surface area is 50.8 Å². The van der Waals surface area contributed by atoms with Gasteiger partial charge in [0.2, 0.25) is 0 Å². The highest BCUT2D eigenvalue weighted by Crippen LogP contribution is 1.72. The molecule has 0 atom stereocenters. The maximum absolute atomic E-state index is 4.10. The fourth-order valence-electron chi connectivity index (χ4n) is 0.607. The molecule has 0 N–H and O–H groups in total. The van der Waals surface area contributed by atoms with E-state index < -0.39 is 0 Å². The molecule has 1 heterocycles. The lowest BCUT2D eigenvalue weighted by Crippen LogP contribution is -2.16. The van der Waals surface area contributed by atoms with Gasteiger partial charge in [0, 0.05) is 6.20 Å². The van der Waals surface area contributed by atoms with Crippen LogP contribution in [-0.4, -0.2) is 19.9 Å². The SMILES string of the molecule is BBc1ccccn1. The molecule has 0 bridgehead atoms. The molecule has 0 fully saturated rings. The van der Waals surface area contributed by atoms with Gasteiger partial charge in [-0.3, -0.25) is 4.98 Å². The van der Waals surface area contributed by atoms with E-state index in [-0.39, 0.29) is 0 Å². The molecule has 0 aliphatic rings. The van der Waals surface area contributed by atoms with Crippen molar-refractivity contribution >= 4 is 20.5 Å². The van der Waals surface area contributed by atoms with Crippen molar-refractivity contribution in [2.24, 2.45) is 0 Å². The number of nitrogens with zero attached hydrogens (tertiary/aromatic N) is 1. The van der Waals surface area contributed by atoms with Crippen molar-refractivity contribution in [2.45, 2.75) is 0 Å². The number of hydrogen-bond donors (Lipinski definition) is 0. The van der Waals surface area contributed by atoms with Crippen molar-refractivity contribution in [3.05, 3.63) is 24.4 Å². The van der Waals surface area contributed by atoms with Crippen LogP contribution in [0.15, 0.2) is 24.4 Å². The largest absolute Gasteiger partial charge is 0.273 e. The van der Waals surface area contributed by atoms with E-state index in [2.05, 4.69) is 12.7 Å². The van der Waals surface area contributed by atoms with E-state index in [0.29, 0.717) is 0 Å². The molecule has 0 saturated carbocycles. The Morgan fingerprint density at radius 1 is 1.50 bits per heavy atom. The number of pyridine rings is 1. The maximum atomic E-state index is 4.10. The third-order valence-corrected chi connectivity index (χ3v) is 1.09. The van der Waals surface area contributed by atoms with E-state index in [1.165, 1.54) is 0 Å². The summed E-state index contributed by atoms with van der Waals surface area (Å²) < 4.78 is 0. The van der Waals surface area contributed by atoms with Crippen LogP contribution in [-0.2, 0) is 0 Å². The molecule has 1 aromatic heterocycles. The van der Waals surface area contributed by atoms with E-state index >= 15 is 0 Å². The lowest BCUT2D eigenvalue weighted by atomic mass is 9.53. The van der Waals surface area contributed by atoms with Crippen molar-refractivity contribution in [3.8, 4) is 0 Å². The molecule has 0 unspecified atom stereocenters. The van der Waals surface area contributed by atoms with E-state index in [1.807, 2.05) is 24.4 Å². The van der Waals surface area contributed by atoms with E-state index in [0.717, 1.165) is 12.8 Å². The van der Waals surface area contributed by atoms with Crippen molar-refractivity contribution < 1.29 is 0 Å². The summed E-state index contributed by atoms with van der Waals surface area (Å²) in [7, 11) is 3.13. The molecule has 8 heavy (non-hydrogen) atoms. The predicted octanol–water partition coefficient (Wildman–Crippen LogP) is -1.31. The molecule has 38 valence electrons. The summed E-state index contributed by atoms with van der Waals surface area (Å²) in [6.45, 7) is 0. The fraction of sp³-hybridized carbons (Fsp3) is 0. The normalized spacial score (nSPS) is 8.50. The average molecular weight is 103 g/mol. The van der Waals surface area contributed by atoms with E-state index in [4.69, 9.17) is 0 Å². The minimum absolute atomic E-state index is 1.03. The standard InChI is InChI=1S/C5H7B2N/c6-7-5-3-1-2-4-8-5/h1-4,7H,6H2. The van der Waals surface area contributed by atoms with E-state index in [1.54, 1.807) is 0 Å². The van der Waals surface area contributed by atoms with Crippen LogP contribution in [0.5, 0.6) is 0 Å². The Morgan fingerprint density at radius 2 is 2.38 bits per heavy atom. The van der Waals surface area contributed by atoms with Crippen LogP contribution in [0.2, 0.25) is 0 Å². The van der Waals surface area contributed by atoms with Gasteiger partial charge >= 0.3 is 0 Å². The highest BCUT2D eigenvalue weighted by atomic mass is 14.6. The van der Waals surface area contributed by atoms with E-state index in [9.17, 15) is 0 Å². The van der Waals surface area contributed by atoms with Gasteiger partial charge in [-0.1, -0.05) is 12.1 Å². The smallest absolute Gasteiger partial charge is 0.143 e. The zero-order chi connectivity index (χ0) is 5.82. The van der Waals surface area contributed by atoms with Crippen molar-refractivity contribution in [1.82, 2.24) is 4.98 Å². The lowest BCUT2D eigenvalue weighted by molar-refractivity contribution is 1.39. The van der Waals surface area contributed by atoms with Crippen LogP contribution < -0.4 is 5.59 Å². The van der Waals surface area contributed by atoms with Gasteiger partial charge in [0.05, 0.1) is 7.74 Å². The fourth-order valence-corrected chi connectivity index (χ4v) is 0.607. The number of hydrogen-bond acceptors (Lipinski definition) is 1. The first kappa shape index (κ1) is 5.42. The summed E-state index contributed by atoms with van der Waals surface area (Å²) in [5.74, 6) is 0. The molecule has 0 saturated heterocycles. The molecule has 0 aromatic carbocycles. The van der Waals surface area contributed by atoms with Gasteiger partial charge in [0.15, 0.2) is 0 Å². The maximum Gasteiger partial charge on any atom is 0.143 e. The quantitative estimate of drug-likeness (QED) is 0.402. The van der Waals surface area contributed by atoms with Crippen molar-refractivity contribution in [2.75, 3.05) is 0 Å². The number of rotatable bonds is 1. The monoisotopic (exact) mass is 103 g/mol. The summed E-state index contributed by atoms with van der Waals surface area (Å²) in [4.78, 5) is 4.10. The Balaban J connectivity index is 2.83. The van der Waals surface area contributed by atoms with Gasteiger partial charge in [0.25, 0.3) is 0 Å². The Hall–Kier alpha value is -0.720. The van der Waals surface area contributed by atoms with Crippen LogP contribution >= 0.6 is 0 Å². The first-order chi connectivity index (χ1) is 3.93. The summed E-state index contributed by atoms with van der Waals surface area (Å²) >= 11 is 0. The van der Waals surface area contributed by atoms with Gasteiger partial charge in [-0.15, -0.1) is 0 Å². The second-order valence-corrected chi connectivity index (χ2v) is 1.67. The zero-order valence-electron chi connectivity index (χ0n) is 4.96. The molecule has 0 aliphatic carbocycles. The first-order valence-corrected chi connectivity index (χ1v) is 2.83. The van der Waals surface area contributed by atoms with Crippen LogP contribution in [0.25, 0.3) is 0 Å². The molecular weight excluding hydrogens is 95.7 g/mol. The Morgan fingerprint density at radius 3 is 2.75 bits per heavy atom. The van der Waals surface area contributed by atoms with Gasteiger partial charge in [-0.05, 0) is 11.7 Å². The van der Waals surface area contributed by atoms with Gasteiger partial charge in [-0.2, -0.15) is 0 Å². The van der Waals surface area contributed by atoms with Crippen LogP contribution in [0.4, 0.5) is 0 Å². The molecule has 0 amide bonds. The zero-order valence-corrected chi connectivity index (χ0v) is 4.96. The highest BCUT2D eigenvalue weighted by Gasteiger charge is 1.84. The van der Waals surface area contributed by atoms with Gasteiger partial charge < -0.3 is 0 Å². The molecule has 3 heteroatoms. The third kappa shape index (κ3) is 1.12. The first-order valence-electron chi connectivity index (χ1n) is 2.83. The summed E-state index contributed by atoms with van der Waals surface area (Å²) in [6.07, 6.45) is 1.82. The summed E-state index contributed by atoms with van der Waals surface area (Å²) in [6, 6.07) is 5.96. The summed E-state index contributed by atoms with van der Waals surface area (Å²) in [5, 5.41) is 0. The summed E-state index contributed by atoms with van der Waals surface area (Å²) in [5.41, 5.74) is 1.16. The second kappa shape index (κ2) is 2.55. The molecule has 0 radical (unpaired) electrons. The molecule has 1 nitrogen and oxygen atoms in total. The topological polar surface area (TPSA) is 12.9 Å². The Bertz CT molecular complexity index is 152.